The lowest BCUT2D eigenvalue weighted by Crippen LogP contribution is -2.44. The summed E-state index contributed by atoms with van der Waals surface area (Å²) in [5.41, 5.74) is 5.80. The van der Waals surface area contributed by atoms with Gasteiger partial charge in [-0.1, -0.05) is 0 Å². The van der Waals surface area contributed by atoms with E-state index in [9.17, 15) is 5.11 Å². The highest BCUT2D eigenvalue weighted by molar-refractivity contribution is 5.00. The van der Waals surface area contributed by atoms with Crippen molar-refractivity contribution in [2.24, 2.45) is 5.73 Å². The minimum absolute atomic E-state index is 0.117. The molecule has 0 heterocycles. The van der Waals surface area contributed by atoms with E-state index in [2.05, 4.69) is 4.90 Å². The zero-order valence-electron chi connectivity index (χ0n) is 10.2. The van der Waals surface area contributed by atoms with E-state index in [0.29, 0.717) is 6.04 Å². The summed E-state index contributed by atoms with van der Waals surface area (Å²) in [5.74, 6) is 0. The highest BCUT2D eigenvalue weighted by Crippen LogP contribution is 2.37. The van der Waals surface area contributed by atoms with Crippen molar-refractivity contribution in [3.63, 3.8) is 0 Å². The van der Waals surface area contributed by atoms with Gasteiger partial charge in [-0.2, -0.15) is 0 Å². The molecular formula is C12H24N2O2. The minimum Gasteiger partial charge on any atom is -0.394 e. The first-order chi connectivity index (χ1) is 7.68. The van der Waals surface area contributed by atoms with Crippen molar-refractivity contribution in [2.75, 3.05) is 26.9 Å². The summed E-state index contributed by atoms with van der Waals surface area (Å²) >= 11 is 0. The molecule has 0 radical (unpaired) electrons. The zero-order chi connectivity index (χ0) is 11.6. The third-order valence-corrected chi connectivity index (χ3v) is 3.97. The Morgan fingerprint density at radius 1 is 1.38 bits per heavy atom. The number of aliphatic hydroxyl groups is 1. The van der Waals surface area contributed by atoms with Crippen molar-refractivity contribution >= 4 is 0 Å². The van der Waals surface area contributed by atoms with E-state index in [1.807, 2.05) is 0 Å². The molecule has 4 heteroatoms. The SMILES string of the molecule is COCCN(C1CC1)C1CCC(N)(CO)C1. The van der Waals surface area contributed by atoms with Gasteiger partial charge in [0.15, 0.2) is 0 Å². The fraction of sp³-hybridized carbons (Fsp3) is 1.00. The summed E-state index contributed by atoms with van der Waals surface area (Å²) < 4.78 is 5.17. The van der Waals surface area contributed by atoms with Crippen LogP contribution in [0, 0.1) is 0 Å². The van der Waals surface area contributed by atoms with Crippen LogP contribution >= 0.6 is 0 Å². The molecule has 2 aliphatic rings. The fourth-order valence-electron chi connectivity index (χ4n) is 2.82. The molecule has 0 aliphatic heterocycles. The van der Waals surface area contributed by atoms with E-state index in [1.165, 1.54) is 12.8 Å². The molecule has 0 saturated heterocycles. The molecule has 94 valence electrons. The Morgan fingerprint density at radius 2 is 2.12 bits per heavy atom. The fourth-order valence-corrected chi connectivity index (χ4v) is 2.82. The average molecular weight is 228 g/mol. The van der Waals surface area contributed by atoms with Gasteiger partial charge in [0, 0.05) is 31.3 Å². The van der Waals surface area contributed by atoms with E-state index in [-0.39, 0.29) is 12.1 Å². The quantitative estimate of drug-likeness (QED) is 0.688. The van der Waals surface area contributed by atoms with Gasteiger partial charge in [-0.05, 0) is 32.1 Å². The van der Waals surface area contributed by atoms with Gasteiger partial charge in [0.1, 0.15) is 0 Å². The van der Waals surface area contributed by atoms with Crippen molar-refractivity contribution in [3.05, 3.63) is 0 Å². The number of methoxy groups -OCH3 is 1. The van der Waals surface area contributed by atoms with Crippen molar-refractivity contribution in [2.45, 2.75) is 49.7 Å². The lowest BCUT2D eigenvalue weighted by Gasteiger charge is -2.30. The summed E-state index contributed by atoms with van der Waals surface area (Å²) in [4.78, 5) is 2.55. The molecular weight excluding hydrogens is 204 g/mol. The van der Waals surface area contributed by atoms with Gasteiger partial charge in [0.25, 0.3) is 0 Å². The molecule has 0 aromatic carbocycles. The number of nitrogens with zero attached hydrogens (tertiary/aromatic N) is 1. The smallest absolute Gasteiger partial charge is 0.0611 e. The second-order valence-electron chi connectivity index (χ2n) is 5.38. The standard InChI is InChI=1S/C12H24N2O2/c1-16-7-6-14(10-2-3-10)11-4-5-12(13,8-11)9-15/h10-11,15H,2-9,13H2,1H3. The van der Waals surface area contributed by atoms with Gasteiger partial charge in [-0.15, -0.1) is 0 Å². The molecule has 2 saturated carbocycles. The van der Waals surface area contributed by atoms with E-state index in [1.54, 1.807) is 7.11 Å². The molecule has 0 spiro atoms. The molecule has 0 amide bonds. The topological polar surface area (TPSA) is 58.7 Å². The van der Waals surface area contributed by atoms with E-state index in [0.717, 1.165) is 38.5 Å². The highest BCUT2D eigenvalue weighted by atomic mass is 16.5. The Balaban J connectivity index is 1.89. The Bertz CT molecular complexity index is 233. The van der Waals surface area contributed by atoms with Crippen LogP contribution in [-0.4, -0.2) is 54.5 Å². The number of ether oxygens (including phenoxy) is 1. The molecule has 2 aliphatic carbocycles. The van der Waals surface area contributed by atoms with E-state index < -0.39 is 0 Å². The summed E-state index contributed by atoms with van der Waals surface area (Å²) in [7, 11) is 1.75. The first-order valence-corrected chi connectivity index (χ1v) is 6.33. The minimum atomic E-state index is -0.328. The Kier molecular flexibility index (Phi) is 3.85. The predicted octanol–water partition coefficient (Wildman–Crippen LogP) is 0.340. The summed E-state index contributed by atoms with van der Waals surface area (Å²) in [6.07, 6.45) is 5.64. The highest BCUT2D eigenvalue weighted by Gasteiger charge is 2.42. The number of hydrogen-bond acceptors (Lipinski definition) is 4. The van der Waals surface area contributed by atoms with Crippen molar-refractivity contribution in [1.29, 1.82) is 0 Å². The molecule has 4 nitrogen and oxygen atoms in total. The van der Waals surface area contributed by atoms with Crippen LogP contribution in [0.25, 0.3) is 0 Å². The maximum absolute atomic E-state index is 9.29. The molecule has 2 unspecified atom stereocenters. The van der Waals surface area contributed by atoms with Crippen molar-refractivity contribution < 1.29 is 9.84 Å². The lowest BCUT2D eigenvalue weighted by atomic mass is 10.0. The monoisotopic (exact) mass is 228 g/mol. The van der Waals surface area contributed by atoms with E-state index >= 15 is 0 Å². The van der Waals surface area contributed by atoms with Crippen molar-refractivity contribution in [1.82, 2.24) is 4.90 Å². The number of aliphatic hydroxyl groups excluding tert-OH is 1. The third kappa shape index (κ3) is 2.74. The van der Waals surface area contributed by atoms with E-state index in [4.69, 9.17) is 10.5 Å². The van der Waals surface area contributed by atoms with Crippen LogP contribution in [0.5, 0.6) is 0 Å². The van der Waals surface area contributed by atoms with Gasteiger partial charge in [0.2, 0.25) is 0 Å². The van der Waals surface area contributed by atoms with Crippen LogP contribution < -0.4 is 5.73 Å². The maximum Gasteiger partial charge on any atom is 0.0611 e. The summed E-state index contributed by atoms with van der Waals surface area (Å²) in [6.45, 7) is 1.92. The molecule has 0 aromatic rings. The molecule has 0 bridgehead atoms. The molecule has 0 aromatic heterocycles. The second-order valence-corrected chi connectivity index (χ2v) is 5.38. The third-order valence-electron chi connectivity index (χ3n) is 3.97. The summed E-state index contributed by atoms with van der Waals surface area (Å²) in [6, 6.07) is 1.31. The van der Waals surface area contributed by atoms with Gasteiger partial charge in [0.05, 0.1) is 13.2 Å². The first kappa shape index (κ1) is 12.3. The molecule has 2 atom stereocenters. The molecule has 2 rings (SSSR count). The maximum atomic E-state index is 9.29. The average Bonchev–Trinajstić information content (AvgIpc) is 3.04. The van der Waals surface area contributed by atoms with Gasteiger partial charge < -0.3 is 15.6 Å². The summed E-state index contributed by atoms with van der Waals surface area (Å²) in [5, 5.41) is 9.29. The number of hydrogen-bond donors (Lipinski definition) is 2. The van der Waals surface area contributed by atoms with Crippen molar-refractivity contribution in [3.8, 4) is 0 Å². The Morgan fingerprint density at radius 3 is 2.62 bits per heavy atom. The van der Waals surface area contributed by atoms with Gasteiger partial charge in [-0.3, -0.25) is 4.90 Å². The molecule has 2 fully saturated rings. The molecule has 16 heavy (non-hydrogen) atoms. The first-order valence-electron chi connectivity index (χ1n) is 6.33. The normalized spacial score (nSPS) is 34.9. The zero-order valence-corrected chi connectivity index (χ0v) is 10.2. The van der Waals surface area contributed by atoms with Crippen LogP contribution in [0.3, 0.4) is 0 Å². The molecule has 3 N–H and O–H groups in total. The second kappa shape index (κ2) is 5.00. The predicted molar refractivity (Wildman–Crippen MR) is 63.2 cm³/mol. The van der Waals surface area contributed by atoms with Gasteiger partial charge in [-0.25, -0.2) is 0 Å². The van der Waals surface area contributed by atoms with Crippen LogP contribution in [0.4, 0.5) is 0 Å². The van der Waals surface area contributed by atoms with Crippen LogP contribution in [-0.2, 0) is 4.74 Å². The Labute approximate surface area is 97.7 Å². The largest absolute Gasteiger partial charge is 0.394 e. The number of nitrogens with two attached hydrogens (primary N) is 1. The van der Waals surface area contributed by atoms with Gasteiger partial charge >= 0.3 is 0 Å². The number of rotatable bonds is 6. The lowest BCUT2D eigenvalue weighted by molar-refractivity contribution is 0.108. The van der Waals surface area contributed by atoms with Crippen LogP contribution in [0.15, 0.2) is 0 Å². The van der Waals surface area contributed by atoms with Crippen LogP contribution in [0.2, 0.25) is 0 Å². The van der Waals surface area contributed by atoms with Crippen LogP contribution in [0.1, 0.15) is 32.1 Å². The Hall–Kier alpha value is -0.160.